The number of hydrogen-bond acceptors (Lipinski definition) is 8. The molecule has 2 bridgehead atoms. The van der Waals surface area contributed by atoms with Gasteiger partial charge in [-0.1, -0.05) is 41.9 Å². The molecule has 0 aliphatic carbocycles. The molecule has 0 amide bonds. The number of piperazine rings is 1. The zero-order valence-electron chi connectivity index (χ0n) is 20.7. The SMILES string of the molecule is Cc1c(-c2cccc3cccc(Cl)c23)ncc2c(N3CC4CCC(C3)N4)nc(OCC(CO)CO)nc12. The number of fused-ring (bicyclic) bond motifs is 4. The van der Waals surface area contributed by atoms with Crippen molar-refractivity contribution in [2.24, 2.45) is 5.92 Å². The fourth-order valence-electron chi connectivity index (χ4n) is 5.58. The highest BCUT2D eigenvalue weighted by molar-refractivity contribution is 6.36. The number of rotatable bonds is 7. The van der Waals surface area contributed by atoms with Crippen LogP contribution in [0.15, 0.2) is 42.6 Å². The summed E-state index contributed by atoms with van der Waals surface area (Å²) in [7, 11) is 0. The second-order valence-electron chi connectivity index (χ2n) is 10.1. The Morgan fingerprint density at radius 3 is 2.54 bits per heavy atom. The van der Waals surface area contributed by atoms with E-state index < -0.39 is 5.92 Å². The number of nitrogens with zero attached hydrogens (tertiary/aromatic N) is 4. The predicted molar refractivity (Wildman–Crippen MR) is 145 cm³/mol. The lowest BCUT2D eigenvalue weighted by Gasteiger charge is -2.34. The van der Waals surface area contributed by atoms with E-state index in [1.165, 1.54) is 0 Å². The van der Waals surface area contributed by atoms with Crippen LogP contribution in [0.25, 0.3) is 32.9 Å². The lowest BCUT2D eigenvalue weighted by molar-refractivity contribution is 0.102. The van der Waals surface area contributed by atoms with E-state index in [1.54, 1.807) is 0 Å². The summed E-state index contributed by atoms with van der Waals surface area (Å²) in [4.78, 5) is 16.8. The Balaban J connectivity index is 1.50. The van der Waals surface area contributed by atoms with Gasteiger partial charge in [0.15, 0.2) is 0 Å². The molecule has 4 heterocycles. The van der Waals surface area contributed by atoms with E-state index in [4.69, 9.17) is 31.3 Å². The minimum Gasteiger partial charge on any atom is -0.463 e. The van der Waals surface area contributed by atoms with Crippen LogP contribution in [0.4, 0.5) is 5.82 Å². The maximum atomic E-state index is 9.50. The quantitative estimate of drug-likeness (QED) is 0.339. The van der Waals surface area contributed by atoms with Gasteiger partial charge in [0.2, 0.25) is 0 Å². The van der Waals surface area contributed by atoms with Crippen LogP contribution in [0, 0.1) is 12.8 Å². The van der Waals surface area contributed by atoms with Gasteiger partial charge in [0, 0.05) is 58.8 Å². The molecule has 37 heavy (non-hydrogen) atoms. The minimum atomic E-state index is -0.398. The van der Waals surface area contributed by atoms with Gasteiger partial charge in [0.05, 0.1) is 36.4 Å². The molecule has 6 rings (SSSR count). The monoisotopic (exact) mass is 519 g/mol. The van der Waals surface area contributed by atoms with E-state index in [0.29, 0.717) is 17.1 Å². The van der Waals surface area contributed by atoms with Gasteiger partial charge in [-0.15, -0.1) is 0 Å². The summed E-state index contributed by atoms with van der Waals surface area (Å²) in [5, 5.41) is 26.2. The predicted octanol–water partition coefficient (Wildman–Crippen LogP) is 3.73. The number of hydrogen-bond donors (Lipinski definition) is 3. The highest BCUT2D eigenvalue weighted by atomic mass is 35.5. The maximum absolute atomic E-state index is 9.50. The molecule has 192 valence electrons. The van der Waals surface area contributed by atoms with Gasteiger partial charge < -0.3 is 25.2 Å². The molecular formula is C28H30ClN5O3. The van der Waals surface area contributed by atoms with Gasteiger partial charge in [-0.25, -0.2) is 0 Å². The number of halogens is 1. The summed E-state index contributed by atoms with van der Waals surface area (Å²) >= 11 is 6.64. The first-order valence-corrected chi connectivity index (χ1v) is 13.1. The van der Waals surface area contributed by atoms with E-state index in [1.807, 2.05) is 49.5 Å². The van der Waals surface area contributed by atoms with E-state index in [-0.39, 0.29) is 25.8 Å². The Labute approximate surface area is 220 Å². The topological polar surface area (TPSA) is 104 Å². The molecule has 2 fully saturated rings. The molecule has 2 aliphatic heterocycles. The molecule has 2 aromatic carbocycles. The number of anilines is 1. The first-order chi connectivity index (χ1) is 18.1. The molecule has 2 unspecified atom stereocenters. The molecule has 2 atom stereocenters. The number of aromatic nitrogens is 3. The fourth-order valence-corrected chi connectivity index (χ4v) is 5.86. The molecule has 0 radical (unpaired) electrons. The highest BCUT2D eigenvalue weighted by Crippen LogP contribution is 2.38. The molecule has 4 aromatic rings. The smallest absolute Gasteiger partial charge is 0.318 e. The summed E-state index contributed by atoms with van der Waals surface area (Å²) in [6.07, 6.45) is 4.18. The third kappa shape index (κ3) is 4.48. The van der Waals surface area contributed by atoms with Gasteiger partial charge in [-0.2, -0.15) is 9.97 Å². The van der Waals surface area contributed by atoms with Crippen LogP contribution in [0.2, 0.25) is 5.02 Å². The normalized spacial score (nSPS) is 19.3. The summed E-state index contributed by atoms with van der Waals surface area (Å²) in [6, 6.07) is 13.1. The van der Waals surface area contributed by atoms with Gasteiger partial charge in [-0.05, 0) is 31.2 Å². The second kappa shape index (κ2) is 10.0. The molecule has 0 saturated carbocycles. The van der Waals surface area contributed by atoms with Crippen LogP contribution in [0.5, 0.6) is 6.01 Å². The lowest BCUT2D eigenvalue weighted by Crippen LogP contribution is -2.51. The fraction of sp³-hybridized carbons (Fsp3) is 0.393. The van der Waals surface area contributed by atoms with Crippen molar-refractivity contribution >= 4 is 39.1 Å². The zero-order chi connectivity index (χ0) is 25.5. The van der Waals surface area contributed by atoms with E-state index >= 15 is 0 Å². The molecule has 9 heteroatoms. The first-order valence-electron chi connectivity index (χ1n) is 12.8. The van der Waals surface area contributed by atoms with Gasteiger partial charge >= 0.3 is 6.01 Å². The van der Waals surface area contributed by atoms with Gasteiger partial charge in [-0.3, -0.25) is 4.98 Å². The van der Waals surface area contributed by atoms with Gasteiger partial charge in [0.1, 0.15) is 5.82 Å². The van der Waals surface area contributed by atoms with Crippen LogP contribution in [-0.4, -0.2) is 70.2 Å². The Hall–Kier alpha value is -3.04. The molecule has 2 saturated heterocycles. The average Bonchev–Trinajstić information content (AvgIpc) is 3.26. The zero-order valence-corrected chi connectivity index (χ0v) is 21.4. The number of pyridine rings is 1. The van der Waals surface area contributed by atoms with Crippen molar-refractivity contribution in [3.05, 3.63) is 53.2 Å². The Morgan fingerprint density at radius 2 is 1.81 bits per heavy atom. The maximum Gasteiger partial charge on any atom is 0.318 e. The molecule has 0 spiro atoms. The number of nitrogens with one attached hydrogen (secondary N) is 1. The average molecular weight is 520 g/mol. The van der Waals surface area contributed by atoms with Crippen molar-refractivity contribution in [2.75, 3.05) is 37.8 Å². The number of aryl methyl sites for hydroxylation is 1. The van der Waals surface area contributed by atoms with E-state index in [9.17, 15) is 10.2 Å². The lowest BCUT2D eigenvalue weighted by atomic mass is 9.98. The highest BCUT2D eigenvalue weighted by Gasteiger charge is 2.34. The van der Waals surface area contributed by atoms with E-state index in [2.05, 4.69) is 10.2 Å². The standard InChI is InChI=1S/C28H30ClN5O3/c1-16-25(21-6-2-4-18-5-3-7-23(29)24(18)21)30-10-22-26(16)32-28(37-15-17(13-35)14-36)33-27(22)34-11-19-8-9-20(12-34)31-19/h2-7,10,17,19-20,31,35-36H,8-9,11-15H2,1H3. The number of ether oxygens (including phenoxy) is 1. The minimum absolute atomic E-state index is 0.126. The molecule has 2 aliphatic rings. The van der Waals surface area contributed by atoms with Crippen molar-refractivity contribution < 1.29 is 14.9 Å². The Morgan fingerprint density at radius 1 is 1.08 bits per heavy atom. The largest absolute Gasteiger partial charge is 0.463 e. The van der Waals surface area contributed by atoms with Crippen LogP contribution in [0.1, 0.15) is 18.4 Å². The van der Waals surface area contributed by atoms with E-state index in [0.717, 1.165) is 70.2 Å². The summed E-state index contributed by atoms with van der Waals surface area (Å²) in [6.45, 7) is 3.52. The molecule has 3 N–H and O–H groups in total. The van der Waals surface area contributed by atoms with Crippen molar-refractivity contribution in [3.8, 4) is 17.3 Å². The van der Waals surface area contributed by atoms with Crippen LogP contribution >= 0.6 is 11.6 Å². The number of aliphatic hydroxyl groups is 2. The number of aliphatic hydroxyl groups excluding tert-OH is 2. The third-order valence-electron chi connectivity index (χ3n) is 7.53. The Kier molecular flexibility index (Phi) is 6.58. The second-order valence-corrected chi connectivity index (χ2v) is 10.5. The molecule has 8 nitrogen and oxygen atoms in total. The van der Waals surface area contributed by atoms with Gasteiger partial charge in [0.25, 0.3) is 0 Å². The summed E-state index contributed by atoms with van der Waals surface area (Å²) in [5.74, 6) is 0.408. The summed E-state index contributed by atoms with van der Waals surface area (Å²) in [5.41, 5.74) is 3.44. The van der Waals surface area contributed by atoms with Crippen molar-refractivity contribution in [3.63, 3.8) is 0 Å². The summed E-state index contributed by atoms with van der Waals surface area (Å²) < 4.78 is 5.92. The molecular weight excluding hydrogens is 490 g/mol. The van der Waals surface area contributed by atoms with Crippen molar-refractivity contribution in [2.45, 2.75) is 31.8 Å². The van der Waals surface area contributed by atoms with Crippen LogP contribution in [-0.2, 0) is 0 Å². The molecule has 2 aromatic heterocycles. The van der Waals surface area contributed by atoms with Crippen molar-refractivity contribution in [1.82, 2.24) is 20.3 Å². The van der Waals surface area contributed by atoms with Crippen molar-refractivity contribution in [1.29, 1.82) is 0 Å². The Bertz CT molecular complexity index is 1440. The van der Waals surface area contributed by atoms with Crippen LogP contribution < -0.4 is 15.0 Å². The third-order valence-corrected chi connectivity index (χ3v) is 7.84. The van der Waals surface area contributed by atoms with Crippen LogP contribution in [0.3, 0.4) is 0 Å². The first kappa shape index (κ1) is 24.3. The number of benzene rings is 2.